The van der Waals surface area contributed by atoms with Gasteiger partial charge in [-0.05, 0) is 32.3 Å². The van der Waals surface area contributed by atoms with Crippen LogP contribution in [0.4, 0.5) is 0 Å². The van der Waals surface area contributed by atoms with E-state index in [1.54, 1.807) is 0 Å². The van der Waals surface area contributed by atoms with Gasteiger partial charge in [0, 0.05) is 23.8 Å². The van der Waals surface area contributed by atoms with Crippen molar-refractivity contribution in [3.8, 4) is 0 Å². The molecule has 0 aliphatic heterocycles. The van der Waals surface area contributed by atoms with Crippen LogP contribution in [0.1, 0.15) is 38.8 Å². The van der Waals surface area contributed by atoms with Crippen molar-refractivity contribution in [1.82, 2.24) is 9.78 Å². The first-order chi connectivity index (χ1) is 6.77. The summed E-state index contributed by atoms with van der Waals surface area (Å²) < 4.78 is 2.04. The van der Waals surface area contributed by atoms with E-state index in [0.29, 0.717) is 5.38 Å². The van der Waals surface area contributed by atoms with E-state index in [-0.39, 0.29) is 0 Å². The summed E-state index contributed by atoms with van der Waals surface area (Å²) in [4.78, 5) is 0. The molecule has 1 heterocycles. The molecule has 0 spiro atoms. The zero-order chi connectivity index (χ0) is 10.4. The van der Waals surface area contributed by atoms with E-state index >= 15 is 0 Å². The van der Waals surface area contributed by atoms with E-state index in [4.69, 9.17) is 11.6 Å². The maximum atomic E-state index is 6.16. The number of aromatic nitrogens is 2. The lowest BCUT2D eigenvalue weighted by molar-refractivity contribution is 0.594. The summed E-state index contributed by atoms with van der Waals surface area (Å²) in [5, 5.41) is 4.55. The number of hydrogen-bond donors (Lipinski definition) is 0. The fourth-order valence-corrected chi connectivity index (χ4v) is 1.95. The van der Waals surface area contributed by atoms with Gasteiger partial charge in [-0.15, -0.1) is 11.6 Å². The Morgan fingerprint density at radius 2 is 2.21 bits per heavy atom. The molecule has 1 unspecified atom stereocenters. The fraction of sp³-hybridized carbons (Fsp3) is 0.727. The molecule has 3 heteroatoms. The molecule has 0 saturated carbocycles. The molecular formula is C11H19ClN2. The quantitative estimate of drug-likeness (QED) is 0.665. The lowest BCUT2D eigenvalue weighted by atomic mass is 10.1. The van der Waals surface area contributed by atoms with Crippen LogP contribution in [0.15, 0.2) is 12.3 Å². The predicted octanol–water partition coefficient (Wildman–Crippen LogP) is 3.24. The Labute approximate surface area is 91.3 Å². The van der Waals surface area contributed by atoms with Gasteiger partial charge >= 0.3 is 0 Å². The SMILES string of the molecule is CCCC(Cl)CCc1ccnn1CC. The number of hydrogen-bond acceptors (Lipinski definition) is 1. The van der Waals surface area contributed by atoms with Crippen LogP contribution in [0.3, 0.4) is 0 Å². The van der Waals surface area contributed by atoms with Gasteiger partial charge in [-0.25, -0.2) is 0 Å². The molecule has 0 N–H and O–H groups in total. The summed E-state index contributed by atoms with van der Waals surface area (Å²) >= 11 is 6.16. The number of halogens is 1. The van der Waals surface area contributed by atoms with Gasteiger partial charge in [0.15, 0.2) is 0 Å². The van der Waals surface area contributed by atoms with Crippen LogP contribution in [-0.4, -0.2) is 15.2 Å². The van der Waals surface area contributed by atoms with Crippen molar-refractivity contribution in [2.24, 2.45) is 0 Å². The van der Waals surface area contributed by atoms with Crippen molar-refractivity contribution in [3.63, 3.8) is 0 Å². The van der Waals surface area contributed by atoms with E-state index in [2.05, 4.69) is 25.0 Å². The van der Waals surface area contributed by atoms with E-state index in [9.17, 15) is 0 Å². The van der Waals surface area contributed by atoms with Crippen molar-refractivity contribution >= 4 is 11.6 Å². The zero-order valence-electron chi connectivity index (χ0n) is 9.04. The zero-order valence-corrected chi connectivity index (χ0v) is 9.80. The lowest BCUT2D eigenvalue weighted by Gasteiger charge is -2.08. The van der Waals surface area contributed by atoms with Crippen molar-refractivity contribution in [2.45, 2.75) is 51.5 Å². The second kappa shape index (κ2) is 6.07. The first-order valence-electron chi connectivity index (χ1n) is 5.42. The van der Waals surface area contributed by atoms with Crippen LogP contribution in [0.25, 0.3) is 0 Å². The molecule has 1 atom stereocenters. The number of alkyl halides is 1. The smallest absolute Gasteiger partial charge is 0.0492 e. The maximum absolute atomic E-state index is 6.16. The Balaban J connectivity index is 2.37. The highest BCUT2D eigenvalue weighted by molar-refractivity contribution is 6.20. The van der Waals surface area contributed by atoms with Gasteiger partial charge in [-0.1, -0.05) is 13.3 Å². The van der Waals surface area contributed by atoms with Crippen LogP contribution >= 0.6 is 11.6 Å². The molecule has 80 valence electrons. The van der Waals surface area contributed by atoms with Crippen molar-refractivity contribution in [3.05, 3.63) is 18.0 Å². The Bertz CT molecular complexity index is 258. The van der Waals surface area contributed by atoms with Gasteiger partial charge in [0.25, 0.3) is 0 Å². The second-order valence-electron chi connectivity index (χ2n) is 3.56. The first kappa shape index (κ1) is 11.6. The summed E-state index contributed by atoms with van der Waals surface area (Å²) in [6.45, 7) is 5.23. The van der Waals surface area contributed by atoms with Crippen molar-refractivity contribution in [2.75, 3.05) is 0 Å². The molecule has 0 aliphatic rings. The molecule has 2 nitrogen and oxygen atoms in total. The number of aryl methyl sites for hydroxylation is 2. The Morgan fingerprint density at radius 1 is 1.43 bits per heavy atom. The molecule has 0 fully saturated rings. The molecule has 0 bridgehead atoms. The summed E-state index contributed by atoms with van der Waals surface area (Å²) in [5.41, 5.74) is 1.30. The third-order valence-electron chi connectivity index (χ3n) is 2.42. The van der Waals surface area contributed by atoms with Gasteiger partial charge in [0.05, 0.1) is 0 Å². The molecule has 0 radical (unpaired) electrons. The van der Waals surface area contributed by atoms with Crippen LogP contribution in [0.2, 0.25) is 0 Å². The largest absolute Gasteiger partial charge is 0.270 e. The summed E-state index contributed by atoms with van der Waals surface area (Å²) in [6.07, 6.45) is 6.24. The lowest BCUT2D eigenvalue weighted by Crippen LogP contribution is -2.06. The normalized spacial score (nSPS) is 13.1. The van der Waals surface area contributed by atoms with Crippen LogP contribution < -0.4 is 0 Å². The molecular weight excluding hydrogens is 196 g/mol. The van der Waals surface area contributed by atoms with Gasteiger partial charge in [-0.3, -0.25) is 4.68 Å². The maximum Gasteiger partial charge on any atom is 0.0492 e. The highest BCUT2D eigenvalue weighted by Gasteiger charge is 2.06. The fourth-order valence-electron chi connectivity index (χ4n) is 1.62. The monoisotopic (exact) mass is 214 g/mol. The minimum absolute atomic E-state index is 0.320. The first-order valence-corrected chi connectivity index (χ1v) is 5.86. The van der Waals surface area contributed by atoms with Crippen molar-refractivity contribution < 1.29 is 0 Å². The molecule has 1 aromatic heterocycles. The van der Waals surface area contributed by atoms with Crippen molar-refractivity contribution in [1.29, 1.82) is 0 Å². The molecule has 0 amide bonds. The molecule has 0 saturated heterocycles. The highest BCUT2D eigenvalue weighted by atomic mass is 35.5. The van der Waals surface area contributed by atoms with E-state index in [0.717, 1.165) is 25.8 Å². The van der Waals surface area contributed by atoms with Crippen LogP contribution in [0, 0.1) is 0 Å². The van der Waals surface area contributed by atoms with Gasteiger partial charge in [0.2, 0.25) is 0 Å². The highest BCUT2D eigenvalue weighted by Crippen LogP contribution is 2.13. The van der Waals surface area contributed by atoms with Crippen LogP contribution in [0.5, 0.6) is 0 Å². The molecule has 14 heavy (non-hydrogen) atoms. The van der Waals surface area contributed by atoms with E-state index in [1.165, 1.54) is 12.1 Å². The molecule has 0 aliphatic carbocycles. The summed E-state index contributed by atoms with van der Waals surface area (Å²) in [7, 11) is 0. The topological polar surface area (TPSA) is 17.8 Å². The van der Waals surface area contributed by atoms with E-state index < -0.39 is 0 Å². The Hall–Kier alpha value is -0.500. The molecule has 1 aromatic rings. The predicted molar refractivity (Wildman–Crippen MR) is 60.8 cm³/mol. The third-order valence-corrected chi connectivity index (χ3v) is 2.86. The molecule has 0 aromatic carbocycles. The second-order valence-corrected chi connectivity index (χ2v) is 4.18. The number of nitrogens with zero attached hydrogens (tertiary/aromatic N) is 2. The standard InChI is InChI=1S/C11H19ClN2/c1-3-5-10(12)6-7-11-8-9-13-14(11)4-2/h8-10H,3-7H2,1-2H3. The third kappa shape index (κ3) is 3.33. The Kier molecular flexibility index (Phi) is 5.02. The van der Waals surface area contributed by atoms with E-state index in [1.807, 2.05) is 10.9 Å². The average Bonchev–Trinajstić information content (AvgIpc) is 2.62. The number of rotatable bonds is 6. The summed E-state index contributed by atoms with van der Waals surface area (Å²) in [6, 6.07) is 2.08. The summed E-state index contributed by atoms with van der Waals surface area (Å²) in [5.74, 6) is 0. The minimum atomic E-state index is 0.320. The van der Waals surface area contributed by atoms with Gasteiger partial charge in [0.1, 0.15) is 0 Å². The van der Waals surface area contributed by atoms with Gasteiger partial charge in [-0.2, -0.15) is 5.10 Å². The average molecular weight is 215 g/mol. The van der Waals surface area contributed by atoms with Gasteiger partial charge < -0.3 is 0 Å². The van der Waals surface area contributed by atoms with Crippen LogP contribution in [-0.2, 0) is 13.0 Å². The minimum Gasteiger partial charge on any atom is -0.270 e. The molecule has 1 rings (SSSR count). The Morgan fingerprint density at radius 3 is 2.86 bits per heavy atom.